The first kappa shape index (κ1) is 18.5. The van der Waals surface area contributed by atoms with E-state index in [0.717, 1.165) is 18.4 Å². The first-order chi connectivity index (χ1) is 12.3. The fourth-order valence-corrected chi connectivity index (χ4v) is 3.98. The molecule has 0 aliphatic carbocycles. The summed E-state index contributed by atoms with van der Waals surface area (Å²) in [6.45, 7) is 0.348. The Kier molecular flexibility index (Phi) is 5.38. The number of amides is 1. The summed E-state index contributed by atoms with van der Waals surface area (Å²) in [6.07, 6.45) is 2.72. The molecule has 1 aliphatic rings. The van der Waals surface area contributed by atoms with Gasteiger partial charge in [-0.1, -0.05) is 11.6 Å². The van der Waals surface area contributed by atoms with Gasteiger partial charge in [0.25, 0.3) is 5.91 Å². The topological polar surface area (TPSA) is 75.7 Å². The molecule has 3 rings (SSSR count). The average molecular weight is 395 g/mol. The monoisotopic (exact) mass is 394 g/mol. The predicted molar refractivity (Wildman–Crippen MR) is 103 cm³/mol. The Balaban J connectivity index is 1.65. The van der Waals surface area contributed by atoms with Crippen molar-refractivity contribution in [1.29, 1.82) is 0 Å². The molecule has 26 heavy (non-hydrogen) atoms. The Labute approximate surface area is 157 Å². The number of nitrogens with zero attached hydrogens (tertiary/aromatic N) is 1. The van der Waals surface area contributed by atoms with Gasteiger partial charge in [0.2, 0.25) is 10.0 Å². The maximum absolute atomic E-state index is 12.1. The number of benzene rings is 2. The molecule has 6 nitrogen and oxygen atoms in total. The van der Waals surface area contributed by atoms with Crippen LogP contribution in [-0.2, 0) is 21.2 Å². The molecular weight excluding hydrogens is 376 g/mol. The lowest BCUT2D eigenvalue weighted by Crippen LogP contribution is -2.34. The van der Waals surface area contributed by atoms with Gasteiger partial charge in [0.05, 0.1) is 11.9 Å². The minimum atomic E-state index is -3.30. The second kappa shape index (κ2) is 7.55. The van der Waals surface area contributed by atoms with Gasteiger partial charge in [0, 0.05) is 17.3 Å². The van der Waals surface area contributed by atoms with Crippen LogP contribution in [0.5, 0.6) is 5.75 Å². The quantitative estimate of drug-likeness (QED) is 0.845. The van der Waals surface area contributed by atoms with Crippen LogP contribution in [0.15, 0.2) is 42.5 Å². The number of halogens is 1. The average Bonchev–Trinajstić information content (AvgIpc) is 2.60. The molecule has 0 saturated carbocycles. The van der Waals surface area contributed by atoms with Gasteiger partial charge in [-0.05, 0) is 60.9 Å². The lowest BCUT2D eigenvalue weighted by molar-refractivity contribution is -0.118. The molecule has 0 bridgehead atoms. The van der Waals surface area contributed by atoms with Gasteiger partial charge in [-0.25, -0.2) is 8.42 Å². The Morgan fingerprint density at radius 1 is 1.23 bits per heavy atom. The van der Waals surface area contributed by atoms with Crippen LogP contribution in [-0.4, -0.2) is 33.7 Å². The molecule has 0 radical (unpaired) electrons. The number of carbonyl (C=O) groups is 1. The van der Waals surface area contributed by atoms with Crippen LogP contribution in [0.4, 0.5) is 11.4 Å². The molecule has 0 atom stereocenters. The van der Waals surface area contributed by atoms with Crippen LogP contribution in [0, 0.1) is 0 Å². The highest BCUT2D eigenvalue weighted by molar-refractivity contribution is 7.92. The molecule has 1 heterocycles. The molecule has 138 valence electrons. The van der Waals surface area contributed by atoms with E-state index in [0.29, 0.717) is 28.7 Å². The van der Waals surface area contributed by atoms with Crippen molar-refractivity contribution in [1.82, 2.24) is 0 Å². The Morgan fingerprint density at radius 3 is 2.65 bits per heavy atom. The van der Waals surface area contributed by atoms with Gasteiger partial charge >= 0.3 is 0 Å². The molecule has 2 aromatic rings. The Morgan fingerprint density at radius 2 is 1.96 bits per heavy atom. The van der Waals surface area contributed by atoms with E-state index in [1.807, 2.05) is 6.07 Å². The second-order valence-electron chi connectivity index (χ2n) is 6.07. The highest BCUT2D eigenvalue weighted by Crippen LogP contribution is 2.31. The SMILES string of the molecule is CS(=O)(=O)N1CCCc2cc(NC(=O)COc3ccc(Cl)cc3)ccc21. The van der Waals surface area contributed by atoms with E-state index in [-0.39, 0.29) is 12.5 Å². The molecule has 0 saturated heterocycles. The van der Waals surface area contributed by atoms with Crippen LogP contribution in [0.2, 0.25) is 5.02 Å². The number of ether oxygens (including phenoxy) is 1. The van der Waals surface area contributed by atoms with Crippen molar-refractivity contribution in [3.8, 4) is 5.75 Å². The summed E-state index contributed by atoms with van der Waals surface area (Å²) in [6, 6.07) is 12.0. The number of nitrogens with one attached hydrogen (secondary N) is 1. The van der Waals surface area contributed by atoms with Gasteiger partial charge in [0.15, 0.2) is 6.61 Å². The standard InChI is InChI=1S/C18H19ClN2O4S/c1-26(23,24)21-10-2-3-13-11-15(6-9-17(13)21)20-18(22)12-25-16-7-4-14(19)5-8-16/h4-9,11H,2-3,10,12H2,1H3,(H,20,22). The summed E-state index contributed by atoms with van der Waals surface area (Å²) in [5.74, 6) is 0.259. The van der Waals surface area contributed by atoms with Crippen molar-refractivity contribution in [2.75, 3.05) is 29.0 Å². The van der Waals surface area contributed by atoms with Crippen LogP contribution in [0.3, 0.4) is 0 Å². The fourth-order valence-electron chi connectivity index (χ4n) is 2.86. The molecule has 0 spiro atoms. The van der Waals surface area contributed by atoms with Crippen molar-refractivity contribution in [3.05, 3.63) is 53.1 Å². The maximum Gasteiger partial charge on any atom is 0.262 e. The molecule has 0 fully saturated rings. The first-order valence-electron chi connectivity index (χ1n) is 8.12. The zero-order chi connectivity index (χ0) is 18.7. The predicted octanol–water partition coefficient (Wildman–Crippen LogP) is 3.07. The van der Waals surface area contributed by atoms with E-state index in [2.05, 4.69) is 5.32 Å². The summed E-state index contributed by atoms with van der Waals surface area (Å²) in [4.78, 5) is 12.1. The molecular formula is C18H19ClN2O4S. The third-order valence-electron chi connectivity index (χ3n) is 4.02. The fraction of sp³-hybridized carbons (Fsp3) is 0.278. The lowest BCUT2D eigenvalue weighted by atomic mass is 10.0. The van der Waals surface area contributed by atoms with E-state index in [4.69, 9.17) is 16.3 Å². The zero-order valence-corrected chi connectivity index (χ0v) is 15.8. The van der Waals surface area contributed by atoms with E-state index in [1.54, 1.807) is 36.4 Å². The number of fused-ring (bicyclic) bond motifs is 1. The third kappa shape index (κ3) is 4.47. The van der Waals surface area contributed by atoms with Crippen molar-refractivity contribution in [2.45, 2.75) is 12.8 Å². The zero-order valence-electron chi connectivity index (χ0n) is 14.2. The minimum absolute atomic E-state index is 0.131. The number of rotatable bonds is 5. The van der Waals surface area contributed by atoms with Crippen LogP contribution < -0.4 is 14.4 Å². The summed E-state index contributed by atoms with van der Waals surface area (Å²) in [5, 5.41) is 3.37. The van der Waals surface area contributed by atoms with Gasteiger partial charge in [-0.2, -0.15) is 0 Å². The lowest BCUT2D eigenvalue weighted by Gasteiger charge is -2.29. The third-order valence-corrected chi connectivity index (χ3v) is 5.46. The van der Waals surface area contributed by atoms with Crippen molar-refractivity contribution < 1.29 is 17.9 Å². The molecule has 0 aromatic heterocycles. The van der Waals surface area contributed by atoms with E-state index < -0.39 is 10.0 Å². The Bertz CT molecular complexity index is 913. The first-order valence-corrected chi connectivity index (χ1v) is 10.3. The van der Waals surface area contributed by atoms with Crippen LogP contribution >= 0.6 is 11.6 Å². The number of hydrogen-bond acceptors (Lipinski definition) is 4. The molecule has 1 N–H and O–H groups in total. The number of carbonyl (C=O) groups excluding carboxylic acids is 1. The highest BCUT2D eigenvalue weighted by Gasteiger charge is 2.24. The minimum Gasteiger partial charge on any atom is -0.484 e. The van der Waals surface area contributed by atoms with Gasteiger partial charge in [0.1, 0.15) is 5.75 Å². The van der Waals surface area contributed by atoms with E-state index >= 15 is 0 Å². The maximum atomic E-state index is 12.1. The number of aryl methyl sites for hydroxylation is 1. The summed E-state index contributed by atoms with van der Waals surface area (Å²) in [5.41, 5.74) is 2.19. The van der Waals surface area contributed by atoms with Crippen LogP contribution in [0.25, 0.3) is 0 Å². The molecule has 0 unspecified atom stereocenters. The van der Waals surface area contributed by atoms with Gasteiger partial charge < -0.3 is 10.1 Å². The molecule has 8 heteroatoms. The highest BCUT2D eigenvalue weighted by atomic mass is 35.5. The second-order valence-corrected chi connectivity index (χ2v) is 8.42. The number of anilines is 2. The van der Waals surface area contributed by atoms with E-state index in [1.165, 1.54) is 10.6 Å². The molecule has 1 aliphatic heterocycles. The smallest absolute Gasteiger partial charge is 0.262 e. The van der Waals surface area contributed by atoms with E-state index in [9.17, 15) is 13.2 Å². The van der Waals surface area contributed by atoms with Gasteiger partial charge in [-0.3, -0.25) is 9.10 Å². The van der Waals surface area contributed by atoms with Crippen molar-refractivity contribution in [2.24, 2.45) is 0 Å². The van der Waals surface area contributed by atoms with Crippen molar-refractivity contribution >= 4 is 38.9 Å². The van der Waals surface area contributed by atoms with Crippen LogP contribution in [0.1, 0.15) is 12.0 Å². The normalized spacial score (nSPS) is 13.8. The Hall–Kier alpha value is -2.25. The number of hydrogen-bond donors (Lipinski definition) is 1. The molecule has 2 aromatic carbocycles. The summed E-state index contributed by atoms with van der Waals surface area (Å²) in [7, 11) is -3.30. The largest absolute Gasteiger partial charge is 0.484 e. The summed E-state index contributed by atoms with van der Waals surface area (Å²) >= 11 is 5.80. The molecule has 1 amide bonds. The van der Waals surface area contributed by atoms with Gasteiger partial charge in [-0.15, -0.1) is 0 Å². The number of sulfonamides is 1. The summed E-state index contributed by atoms with van der Waals surface area (Å²) < 4.78 is 30.6. The van der Waals surface area contributed by atoms with Crippen molar-refractivity contribution in [3.63, 3.8) is 0 Å².